The Balaban J connectivity index is 1.35. The van der Waals surface area contributed by atoms with Gasteiger partial charge in [0.15, 0.2) is 0 Å². The van der Waals surface area contributed by atoms with Gasteiger partial charge in [0.1, 0.15) is 5.82 Å². The highest BCUT2D eigenvalue weighted by molar-refractivity contribution is 5.49. The minimum atomic E-state index is 0.376. The molecule has 136 valence electrons. The minimum absolute atomic E-state index is 0.376. The van der Waals surface area contributed by atoms with Gasteiger partial charge in [-0.15, -0.1) is 0 Å². The van der Waals surface area contributed by atoms with E-state index in [1.165, 1.54) is 5.56 Å². The lowest BCUT2D eigenvalue weighted by Gasteiger charge is -2.20. The van der Waals surface area contributed by atoms with E-state index in [1.54, 1.807) is 0 Å². The molecule has 1 aromatic carbocycles. The van der Waals surface area contributed by atoms with Gasteiger partial charge >= 0.3 is 0 Å². The first-order chi connectivity index (χ1) is 12.7. The van der Waals surface area contributed by atoms with Crippen molar-refractivity contribution < 1.29 is 0 Å². The molecule has 0 amide bonds. The molecular weight excluding hydrogens is 324 g/mol. The highest BCUT2D eigenvalue weighted by Gasteiger charge is 2.24. The summed E-state index contributed by atoms with van der Waals surface area (Å²) >= 11 is 0. The highest BCUT2D eigenvalue weighted by atomic mass is 15.3. The largest absolute Gasteiger partial charge is 0.399 e. The van der Waals surface area contributed by atoms with Crippen LogP contribution in [0.5, 0.6) is 0 Å². The fourth-order valence-electron chi connectivity index (χ4n) is 3.74. The van der Waals surface area contributed by atoms with Crippen molar-refractivity contribution in [3.63, 3.8) is 0 Å². The SMILES string of the molecule is C=C1CCCN1c1ccnc(NC2CCN(Cc3ccc(N)cc3)C2)n1. The summed E-state index contributed by atoms with van der Waals surface area (Å²) in [5.74, 6) is 1.66. The smallest absolute Gasteiger partial charge is 0.224 e. The summed E-state index contributed by atoms with van der Waals surface area (Å²) in [7, 11) is 0. The molecule has 4 rings (SSSR count). The number of allylic oxidation sites excluding steroid dienone is 1. The molecule has 0 saturated carbocycles. The Morgan fingerprint density at radius 2 is 2.04 bits per heavy atom. The molecule has 2 aromatic rings. The molecule has 26 heavy (non-hydrogen) atoms. The van der Waals surface area contributed by atoms with Gasteiger partial charge in [-0.2, -0.15) is 4.98 Å². The molecule has 2 aliphatic rings. The minimum Gasteiger partial charge on any atom is -0.399 e. The third-order valence-electron chi connectivity index (χ3n) is 5.14. The van der Waals surface area contributed by atoms with Crippen molar-refractivity contribution in [2.24, 2.45) is 0 Å². The van der Waals surface area contributed by atoms with E-state index in [0.29, 0.717) is 12.0 Å². The van der Waals surface area contributed by atoms with Gasteiger partial charge in [-0.25, -0.2) is 4.98 Å². The Kier molecular flexibility index (Phi) is 4.75. The van der Waals surface area contributed by atoms with Gasteiger partial charge in [-0.3, -0.25) is 4.90 Å². The van der Waals surface area contributed by atoms with E-state index >= 15 is 0 Å². The molecule has 6 nitrogen and oxygen atoms in total. The fraction of sp³-hybridized carbons (Fsp3) is 0.400. The molecule has 0 radical (unpaired) electrons. The van der Waals surface area contributed by atoms with Crippen LogP contribution in [0.3, 0.4) is 0 Å². The molecule has 3 N–H and O–H groups in total. The summed E-state index contributed by atoms with van der Waals surface area (Å²) in [5, 5.41) is 3.50. The van der Waals surface area contributed by atoms with E-state index in [-0.39, 0.29) is 0 Å². The molecule has 1 unspecified atom stereocenters. The second-order valence-corrected chi connectivity index (χ2v) is 7.17. The van der Waals surface area contributed by atoms with E-state index in [4.69, 9.17) is 10.7 Å². The highest BCUT2D eigenvalue weighted by Crippen LogP contribution is 2.26. The Bertz CT molecular complexity index is 772. The summed E-state index contributed by atoms with van der Waals surface area (Å²) in [4.78, 5) is 13.7. The summed E-state index contributed by atoms with van der Waals surface area (Å²) in [6, 6.07) is 10.5. The zero-order valence-electron chi connectivity index (χ0n) is 15.1. The Labute approximate surface area is 154 Å². The van der Waals surface area contributed by atoms with Crippen molar-refractivity contribution in [2.75, 3.05) is 35.6 Å². The van der Waals surface area contributed by atoms with Crippen LogP contribution in [-0.4, -0.2) is 40.5 Å². The zero-order chi connectivity index (χ0) is 17.9. The van der Waals surface area contributed by atoms with Crippen LogP contribution in [-0.2, 0) is 6.54 Å². The molecule has 0 bridgehead atoms. The summed E-state index contributed by atoms with van der Waals surface area (Å²) in [6.07, 6.45) is 5.13. The van der Waals surface area contributed by atoms with Crippen LogP contribution in [0.2, 0.25) is 0 Å². The van der Waals surface area contributed by atoms with Crippen LogP contribution in [0.4, 0.5) is 17.5 Å². The lowest BCUT2D eigenvalue weighted by atomic mass is 10.2. The van der Waals surface area contributed by atoms with Gasteiger partial charge < -0.3 is 16.0 Å². The lowest BCUT2D eigenvalue weighted by molar-refractivity contribution is 0.328. The zero-order valence-corrected chi connectivity index (χ0v) is 15.1. The molecule has 0 spiro atoms. The van der Waals surface area contributed by atoms with Gasteiger partial charge in [0.05, 0.1) is 0 Å². The number of benzene rings is 1. The second-order valence-electron chi connectivity index (χ2n) is 7.17. The predicted molar refractivity (Wildman–Crippen MR) is 106 cm³/mol. The molecule has 1 atom stereocenters. The predicted octanol–water partition coefficient (Wildman–Crippen LogP) is 2.86. The molecule has 0 aliphatic carbocycles. The summed E-state index contributed by atoms with van der Waals surface area (Å²) in [6.45, 7) is 8.14. The van der Waals surface area contributed by atoms with Crippen molar-refractivity contribution >= 4 is 17.5 Å². The number of nitrogens with one attached hydrogen (secondary N) is 1. The number of nitrogens with zero attached hydrogens (tertiary/aromatic N) is 4. The number of anilines is 3. The number of nitrogen functional groups attached to an aromatic ring is 1. The maximum Gasteiger partial charge on any atom is 0.224 e. The Morgan fingerprint density at radius 1 is 1.19 bits per heavy atom. The monoisotopic (exact) mass is 350 g/mol. The Morgan fingerprint density at radius 3 is 2.81 bits per heavy atom. The molecule has 2 saturated heterocycles. The third kappa shape index (κ3) is 3.80. The van der Waals surface area contributed by atoms with Crippen LogP contribution in [0.15, 0.2) is 48.8 Å². The topological polar surface area (TPSA) is 70.3 Å². The van der Waals surface area contributed by atoms with E-state index in [9.17, 15) is 0 Å². The lowest BCUT2D eigenvalue weighted by Crippen LogP contribution is -2.27. The number of rotatable bonds is 5. The first kappa shape index (κ1) is 16.8. The molecule has 1 aromatic heterocycles. The van der Waals surface area contributed by atoms with Crippen LogP contribution in [0.25, 0.3) is 0 Å². The molecular formula is C20H26N6. The van der Waals surface area contributed by atoms with Crippen molar-refractivity contribution in [1.82, 2.24) is 14.9 Å². The standard InChI is InChI=1S/C20H26N6/c1-15-3-2-11-26(15)19-8-10-22-20(24-19)23-18-9-12-25(14-18)13-16-4-6-17(21)7-5-16/h4-8,10,18H,1-3,9,11-14,21H2,(H,22,23,24). The van der Waals surface area contributed by atoms with E-state index in [2.05, 4.69) is 38.8 Å². The Hall–Kier alpha value is -2.60. The molecule has 2 aliphatic heterocycles. The number of hydrogen-bond donors (Lipinski definition) is 2. The van der Waals surface area contributed by atoms with Crippen LogP contribution in [0.1, 0.15) is 24.8 Å². The fourth-order valence-corrected chi connectivity index (χ4v) is 3.74. The maximum absolute atomic E-state index is 5.76. The van der Waals surface area contributed by atoms with E-state index in [1.807, 2.05) is 24.4 Å². The number of likely N-dealkylation sites (tertiary alicyclic amines) is 1. The van der Waals surface area contributed by atoms with Crippen molar-refractivity contribution in [2.45, 2.75) is 31.8 Å². The van der Waals surface area contributed by atoms with E-state index in [0.717, 1.165) is 62.6 Å². The van der Waals surface area contributed by atoms with Crippen molar-refractivity contribution in [3.05, 3.63) is 54.4 Å². The van der Waals surface area contributed by atoms with E-state index < -0.39 is 0 Å². The molecule has 3 heterocycles. The third-order valence-corrected chi connectivity index (χ3v) is 5.14. The van der Waals surface area contributed by atoms with Crippen molar-refractivity contribution in [1.29, 1.82) is 0 Å². The average Bonchev–Trinajstić information content (AvgIpc) is 3.26. The van der Waals surface area contributed by atoms with Gasteiger partial charge in [0.25, 0.3) is 0 Å². The first-order valence-corrected chi connectivity index (χ1v) is 9.29. The van der Waals surface area contributed by atoms with Crippen LogP contribution in [0, 0.1) is 0 Å². The van der Waals surface area contributed by atoms with Gasteiger partial charge in [0.2, 0.25) is 5.95 Å². The first-order valence-electron chi connectivity index (χ1n) is 9.29. The summed E-state index contributed by atoms with van der Waals surface area (Å²) < 4.78 is 0. The van der Waals surface area contributed by atoms with Gasteiger partial charge in [0, 0.05) is 49.8 Å². The number of nitrogens with two attached hydrogens (primary N) is 1. The number of hydrogen-bond acceptors (Lipinski definition) is 6. The average molecular weight is 350 g/mol. The van der Waals surface area contributed by atoms with Crippen molar-refractivity contribution in [3.8, 4) is 0 Å². The quantitative estimate of drug-likeness (QED) is 0.808. The maximum atomic E-state index is 5.76. The molecule has 6 heteroatoms. The number of aromatic nitrogens is 2. The van der Waals surface area contributed by atoms with Gasteiger partial charge in [-0.1, -0.05) is 18.7 Å². The van der Waals surface area contributed by atoms with Crippen LogP contribution >= 0.6 is 0 Å². The van der Waals surface area contributed by atoms with Crippen LogP contribution < -0.4 is 16.0 Å². The summed E-state index contributed by atoms with van der Waals surface area (Å²) in [5.41, 5.74) is 9.02. The normalized spacial score (nSPS) is 20.7. The van der Waals surface area contributed by atoms with Gasteiger partial charge in [-0.05, 0) is 43.0 Å². The molecule has 2 fully saturated rings. The second kappa shape index (κ2) is 7.33.